The number of carbonyl (C=O) groups excluding carboxylic acids is 2. The number of halogens is 1. The SMILES string of the molecule is Cc1cc(I)cc(OC(=O)OC2C3CC4C2OC(=O)C4C3C(=O)O)c1. The molecule has 1 aromatic carbocycles. The second-order valence-corrected chi connectivity index (χ2v) is 8.00. The van der Waals surface area contributed by atoms with Crippen molar-refractivity contribution in [2.45, 2.75) is 25.6 Å². The summed E-state index contributed by atoms with van der Waals surface area (Å²) < 4.78 is 16.8. The normalized spacial score (nSPS) is 34.7. The molecule has 25 heavy (non-hydrogen) atoms. The zero-order valence-electron chi connectivity index (χ0n) is 13.2. The molecule has 6 atom stereocenters. The van der Waals surface area contributed by atoms with Crippen LogP contribution in [0, 0.1) is 34.2 Å². The van der Waals surface area contributed by atoms with Crippen LogP contribution in [-0.2, 0) is 19.1 Å². The number of fused-ring (bicyclic) bond motifs is 1. The van der Waals surface area contributed by atoms with Gasteiger partial charge in [-0.3, -0.25) is 9.59 Å². The summed E-state index contributed by atoms with van der Waals surface area (Å²) in [6.45, 7) is 1.88. The van der Waals surface area contributed by atoms with E-state index in [2.05, 4.69) is 22.6 Å². The Morgan fingerprint density at radius 1 is 1.28 bits per heavy atom. The average Bonchev–Trinajstić information content (AvgIpc) is 3.09. The highest BCUT2D eigenvalue weighted by Gasteiger charge is 2.70. The molecule has 1 aliphatic heterocycles. The number of ether oxygens (including phenoxy) is 3. The lowest BCUT2D eigenvalue weighted by Crippen LogP contribution is -2.43. The summed E-state index contributed by atoms with van der Waals surface area (Å²) in [6.07, 6.45) is -1.74. The molecule has 0 spiro atoms. The molecule has 6 unspecified atom stereocenters. The molecule has 1 aromatic rings. The predicted molar refractivity (Wildman–Crippen MR) is 90.9 cm³/mol. The highest BCUT2D eigenvalue weighted by atomic mass is 127. The van der Waals surface area contributed by atoms with E-state index in [9.17, 15) is 19.5 Å². The van der Waals surface area contributed by atoms with Gasteiger partial charge in [-0.2, -0.15) is 0 Å². The number of hydrogen-bond acceptors (Lipinski definition) is 6. The van der Waals surface area contributed by atoms with Crippen LogP contribution in [-0.4, -0.2) is 35.4 Å². The minimum atomic E-state index is -1.05. The maximum atomic E-state index is 12.2. The molecule has 3 aliphatic rings. The molecule has 7 nitrogen and oxygen atoms in total. The Morgan fingerprint density at radius 2 is 2.04 bits per heavy atom. The van der Waals surface area contributed by atoms with E-state index >= 15 is 0 Å². The number of carbonyl (C=O) groups is 3. The maximum Gasteiger partial charge on any atom is 0.514 e. The monoisotopic (exact) mass is 458 g/mol. The molecule has 8 heteroatoms. The van der Waals surface area contributed by atoms with Gasteiger partial charge in [0.25, 0.3) is 0 Å². The van der Waals surface area contributed by atoms with Crippen LogP contribution in [0.5, 0.6) is 5.75 Å². The molecule has 2 saturated carbocycles. The standard InChI is InChI=1S/C17H15IO7/c1-6-2-7(18)4-8(3-6)23-17(22)25-14-9-5-10-12(11(9)15(19)20)16(21)24-13(10)14/h2-4,9-14H,5H2,1H3,(H,19,20). The zero-order chi connectivity index (χ0) is 17.9. The van der Waals surface area contributed by atoms with Gasteiger partial charge in [0.2, 0.25) is 0 Å². The third kappa shape index (κ3) is 2.66. The summed E-state index contributed by atoms with van der Waals surface area (Å²) in [4.78, 5) is 35.7. The second-order valence-electron chi connectivity index (χ2n) is 6.75. The summed E-state index contributed by atoms with van der Waals surface area (Å²) in [7, 11) is 0. The fourth-order valence-electron chi connectivity index (χ4n) is 4.48. The first kappa shape index (κ1) is 16.6. The van der Waals surface area contributed by atoms with Gasteiger partial charge in [-0.15, -0.1) is 0 Å². The summed E-state index contributed by atoms with van der Waals surface area (Å²) in [5.41, 5.74) is 0.938. The molecule has 0 radical (unpaired) electrons. The Morgan fingerprint density at radius 3 is 2.72 bits per heavy atom. The highest BCUT2D eigenvalue weighted by Crippen LogP contribution is 2.58. The first-order chi connectivity index (χ1) is 11.8. The average molecular weight is 458 g/mol. The van der Waals surface area contributed by atoms with Crippen molar-refractivity contribution in [1.29, 1.82) is 0 Å². The maximum absolute atomic E-state index is 12.2. The number of rotatable bonds is 3. The Labute approximate surface area is 156 Å². The molecular formula is C17H15IO7. The lowest BCUT2D eigenvalue weighted by Gasteiger charge is -2.28. The molecule has 2 aliphatic carbocycles. The van der Waals surface area contributed by atoms with E-state index in [-0.39, 0.29) is 5.92 Å². The number of carboxylic acid groups (broad SMARTS) is 1. The van der Waals surface area contributed by atoms with Crippen molar-refractivity contribution in [1.82, 2.24) is 0 Å². The summed E-state index contributed by atoms with van der Waals surface area (Å²) in [6, 6.07) is 5.33. The number of esters is 1. The Hall–Kier alpha value is -1.84. The smallest absolute Gasteiger partial charge is 0.481 e. The van der Waals surface area contributed by atoms with Crippen molar-refractivity contribution in [2.24, 2.45) is 23.7 Å². The van der Waals surface area contributed by atoms with Gasteiger partial charge in [0.05, 0.1) is 11.8 Å². The quantitative estimate of drug-likeness (QED) is 0.422. The fraction of sp³-hybridized carbons (Fsp3) is 0.471. The molecule has 2 bridgehead atoms. The lowest BCUT2D eigenvalue weighted by atomic mass is 9.78. The van der Waals surface area contributed by atoms with Crippen molar-refractivity contribution in [3.63, 3.8) is 0 Å². The van der Waals surface area contributed by atoms with Crippen LogP contribution < -0.4 is 4.74 Å². The highest BCUT2D eigenvalue weighted by molar-refractivity contribution is 14.1. The molecule has 132 valence electrons. The van der Waals surface area contributed by atoms with Crippen molar-refractivity contribution in [3.8, 4) is 5.75 Å². The first-order valence-corrected chi connectivity index (χ1v) is 9.02. The van der Waals surface area contributed by atoms with Gasteiger partial charge >= 0.3 is 18.1 Å². The molecule has 1 saturated heterocycles. The summed E-state index contributed by atoms with van der Waals surface area (Å²) in [5.74, 6) is -3.31. The van der Waals surface area contributed by atoms with Gasteiger partial charge in [-0.25, -0.2) is 4.79 Å². The van der Waals surface area contributed by atoms with Crippen LogP contribution in [0.15, 0.2) is 18.2 Å². The van der Waals surface area contributed by atoms with Crippen LogP contribution in [0.2, 0.25) is 0 Å². The van der Waals surface area contributed by atoms with E-state index in [1.165, 1.54) is 0 Å². The summed E-state index contributed by atoms with van der Waals surface area (Å²) >= 11 is 2.12. The van der Waals surface area contributed by atoms with E-state index in [1.807, 2.05) is 13.0 Å². The minimum Gasteiger partial charge on any atom is -0.481 e. The molecule has 4 rings (SSSR count). The van der Waals surface area contributed by atoms with Gasteiger partial charge < -0.3 is 19.3 Å². The van der Waals surface area contributed by atoms with Crippen molar-refractivity contribution in [3.05, 3.63) is 27.3 Å². The number of benzene rings is 1. The predicted octanol–water partition coefficient (Wildman–Crippen LogP) is 2.38. The largest absolute Gasteiger partial charge is 0.514 e. The van der Waals surface area contributed by atoms with Crippen LogP contribution in [0.1, 0.15) is 12.0 Å². The first-order valence-electron chi connectivity index (χ1n) is 7.94. The van der Waals surface area contributed by atoms with Crippen molar-refractivity contribution >= 4 is 40.7 Å². The third-order valence-electron chi connectivity index (χ3n) is 5.28. The summed E-state index contributed by atoms with van der Waals surface area (Å²) in [5, 5.41) is 9.44. The van der Waals surface area contributed by atoms with E-state index in [0.717, 1.165) is 9.13 Å². The minimum absolute atomic E-state index is 0.198. The molecule has 1 heterocycles. The number of aliphatic carboxylic acids is 1. The Balaban J connectivity index is 1.50. The van der Waals surface area contributed by atoms with Gasteiger partial charge in [-0.1, -0.05) is 0 Å². The van der Waals surface area contributed by atoms with E-state index in [0.29, 0.717) is 12.2 Å². The molecule has 0 aromatic heterocycles. The Kier molecular flexibility index (Phi) is 3.89. The molecule has 0 amide bonds. The van der Waals surface area contributed by atoms with Gasteiger partial charge in [-0.05, 0) is 59.7 Å². The van der Waals surface area contributed by atoms with Crippen LogP contribution in [0.4, 0.5) is 4.79 Å². The second kappa shape index (κ2) is 5.86. The topological polar surface area (TPSA) is 99.1 Å². The van der Waals surface area contributed by atoms with E-state index in [1.54, 1.807) is 12.1 Å². The lowest BCUT2D eigenvalue weighted by molar-refractivity contribution is -0.151. The zero-order valence-corrected chi connectivity index (χ0v) is 15.3. The number of aryl methyl sites for hydroxylation is 1. The van der Waals surface area contributed by atoms with Gasteiger partial charge in [0.1, 0.15) is 18.0 Å². The van der Waals surface area contributed by atoms with Crippen molar-refractivity contribution in [2.75, 3.05) is 0 Å². The van der Waals surface area contributed by atoms with Crippen LogP contribution in [0.3, 0.4) is 0 Å². The third-order valence-corrected chi connectivity index (χ3v) is 5.90. The number of hydrogen-bond donors (Lipinski definition) is 1. The van der Waals surface area contributed by atoms with Gasteiger partial charge in [0.15, 0.2) is 0 Å². The molecular weight excluding hydrogens is 443 g/mol. The number of carboxylic acids is 1. The Bertz CT molecular complexity index is 756. The van der Waals surface area contributed by atoms with Crippen LogP contribution >= 0.6 is 22.6 Å². The molecule has 1 N–H and O–H groups in total. The van der Waals surface area contributed by atoms with Crippen LogP contribution in [0.25, 0.3) is 0 Å². The van der Waals surface area contributed by atoms with Gasteiger partial charge in [0, 0.05) is 15.4 Å². The fourth-order valence-corrected chi connectivity index (χ4v) is 5.28. The van der Waals surface area contributed by atoms with E-state index in [4.69, 9.17) is 14.2 Å². The molecule has 3 fully saturated rings. The van der Waals surface area contributed by atoms with Crippen molar-refractivity contribution < 1.29 is 33.7 Å². The van der Waals surface area contributed by atoms with E-state index < -0.39 is 48.1 Å².